The summed E-state index contributed by atoms with van der Waals surface area (Å²) in [4.78, 5) is 22.1. The van der Waals surface area contributed by atoms with Gasteiger partial charge in [-0.25, -0.2) is 0 Å². The van der Waals surface area contributed by atoms with E-state index in [1.54, 1.807) is 6.92 Å². The van der Waals surface area contributed by atoms with E-state index in [0.29, 0.717) is 17.7 Å². The van der Waals surface area contributed by atoms with Crippen molar-refractivity contribution in [3.05, 3.63) is 39.4 Å². The number of nitro benzene ring substituents is 1. The fraction of sp³-hybridized carbons (Fsp3) is 0.500. The fourth-order valence-corrected chi connectivity index (χ4v) is 1.85. The molecule has 0 aliphatic rings. The van der Waals surface area contributed by atoms with Crippen molar-refractivity contribution >= 4 is 11.6 Å². The minimum absolute atomic E-state index is 0.0123. The molecule has 0 saturated carbocycles. The molecule has 6 heteroatoms. The lowest BCUT2D eigenvalue weighted by molar-refractivity contribution is -0.385. The summed E-state index contributed by atoms with van der Waals surface area (Å²) in [5, 5.41) is 22.3. The highest BCUT2D eigenvalue weighted by Crippen LogP contribution is 2.18. The zero-order valence-corrected chi connectivity index (χ0v) is 11.8. The highest BCUT2D eigenvalue weighted by atomic mass is 16.6. The Kier molecular flexibility index (Phi) is 6.11. The Balaban J connectivity index is 2.52. The lowest BCUT2D eigenvalue weighted by Crippen LogP contribution is -2.25. The predicted molar refractivity (Wildman–Crippen MR) is 75.7 cm³/mol. The first-order chi connectivity index (χ1) is 9.45. The van der Waals surface area contributed by atoms with Crippen LogP contribution in [0.1, 0.15) is 35.7 Å². The zero-order chi connectivity index (χ0) is 15.1. The number of aryl methyl sites for hydroxylation is 1. The van der Waals surface area contributed by atoms with E-state index in [-0.39, 0.29) is 24.1 Å². The SMILES string of the molecule is Cc1cc(C(=O)NCCCC(C)CO)ccc1[N+](=O)[O-]. The number of hydrogen-bond acceptors (Lipinski definition) is 4. The van der Waals surface area contributed by atoms with Crippen molar-refractivity contribution in [2.45, 2.75) is 26.7 Å². The molecule has 20 heavy (non-hydrogen) atoms. The van der Waals surface area contributed by atoms with Crippen molar-refractivity contribution in [2.24, 2.45) is 5.92 Å². The van der Waals surface area contributed by atoms with Crippen molar-refractivity contribution in [1.82, 2.24) is 5.32 Å². The molecule has 0 heterocycles. The number of hydrogen-bond donors (Lipinski definition) is 2. The Morgan fingerprint density at radius 3 is 2.75 bits per heavy atom. The maximum absolute atomic E-state index is 11.9. The first-order valence-corrected chi connectivity index (χ1v) is 6.59. The summed E-state index contributed by atoms with van der Waals surface area (Å²) in [6, 6.07) is 4.32. The molecular weight excluding hydrogens is 260 g/mol. The number of benzene rings is 1. The second-order valence-corrected chi connectivity index (χ2v) is 4.94. The van der Waals surface area contributed by atoms with Crippen LogP contribution in [-0.4, -0.2) is 29.1 Å². The molecule has 2 N–H and O–H groups in total. The third-order valence-corrected chi connectivity index (χ3v) is 3.13. The van der Waals surface area contributed by atoms with Crippen molar-refractivity contribution < 1.29 is 14.8 Å². The largest absolute Gasteiger partial charge is 0.396 e. The molecule has 0 saturated heterocycles. The van der Waals surface area contributed by atoms with E-state index in [1.807, 2.05) is 6.92 Å². The molecule has 1 aromatic rings. The maximum atomic E-state index is 11.9. The van der Waals surface area contributed by atoms with Gasteiger partial charge in [0.25, 0.3) is 11.6 Å². The van der Waals surface area contributed by atoms with Gasteiger partial charge in [-0.3, -0.25) is 14.9 Å². The van der Waals surface area contributed by atoms with Gasteiger partial charge in [0.2, 0.25) is 0 Å². The van der Waals surface area contributed by atoms with E-state index in [0.717, 1.165) is 12.8 Å². The number of nitrogens with one attached hydrogen (secondary N) is 1. The number of aliphatic hydroxyl groups is 1. The van der Waals surface area contributed by atoms with Crippen LogP contribution in [0.5, 0.6) is 0 Å². The van der Waals surface area contributed by atoms with Gasteiger partial charge >= 0.3 is 0 Å². The Morgan fingerprint density at radius 1 is 1.50 bits per heavy atom. The summed E-state index contributed by atoms with van der Waals surface area (Å²) in [6.07, 6.45) is 1.63. The fourth-order valence-electron chi connectivity index (χ4n) is 1.85. The van der Waals surface area contributed by atoms with Crippen LogP contribution < -0.4 is 5.32 Å². The molecular formula is C14H20N2O4. The topological polar surface area (TPSA) is 92.5 Å². The number of rotatable bonds is 7. The quantitative estimate of drug-likeness (QED) is 0.454. The first kappa shape index (κ1) is 16.1. The standard InChI is InChI=1S/C14H20N2O4/c1-10(9-17)4-3-7-15-14(18)12-5-6-13(16(19)20)11(2)8-12/h5-6,8,10,17H,3-4,7,9H2,1-2H3,(H,15,18). The number of nitrogens with zero attached hydrogens (tertiary/aromatic N) is 1. The van der Waals surface area contributed by atoms with Crippen LogP contribution in [-0.2, 0) is 0 Å². The van der Waals surface area contributed by atoms with E-state index in [4.69, 9.17) is 5.11 Å². The monoisotopic (exact) mass is 280 g/mol. The van der Waals surface area contributed by atoms with Gasteiger partial charge in [0.1, 0.15) is 0 Å². The Bertz CT molecular complexity index is 488. The van der Waals surface area contributed by atoms with Crippen LogP contribution >= 0.6 is 0 Å². The smallest absolute Gasteiger partial charge is 0.272 e. The van der Waals surface area contributed by atoms with Crippen LogP contribution in [0.15, 0.2) is 18.2 Å². The number of nitro groups is 1. The van der Waals surface area contributed by atoms with Gasteiger partial charge in [0.15, 0.2) is 0 Å². The zero-order valence-electron chi connectivity index (χ0n) is 11.8. The Hall–Kier alpha value is -1.95. The highest BCUT2D eigenvalue weighted by Gasteiger charge is 2.13. The number of carbonyl (C=O) groups excluding carboxylic acids is 1. The summed E-state index contributed by atoms with van der Waals surface area (Å²) in [6.45, 7) is 4.23. The molecule has 0 spiro atoms. The van der Waals surface area contributed by atoms with Gasteiger partial charge in [-0.05, 0) is 37.8 Å². The predicted octanol–water partition coefficient (Wildman–Crippen LogP) is 2.04. The normalized spacial score (nSPS) is 11.9. The first-order valence-electron chi connectivity index (χ1n) is 6.59. The molecule has 0 aliphatic heterocycles. The van der Waals surface area contributed by atoms with E-state index >= 15 is 0 Å². The molecule has 1 atom stereocenters. The minimum Gasteiger partial charge on any atom is -0.396 e. The summed E-state index contributed by atoms with van der Waals surface area (Å²) in [7, 11) is 0. The summed E-state index contributed by atoms with van der Waals surface area (Å²) in [5.74, 6) is -0.00632. The lowest BCUT2D eigenvalue weighted by atomic mass is 10.1. The minimum atomic E-state index is -0.465. The maximum Gasteiger partial charge on any atom is 0.272 e. The van der Waals surface area contributed by atoms with E-state index in [9.17, 15) is 14.9 Å². The number of aliphatic hydroxyl groups excluding tert-OH is 1. The van der Waals surface area contributed by atoms with Gasteiger partial charge in [-0.1, -0.05) is 6.92 Å². The van der Waals surface area contributed by atoms with Gasteiger partial charge in [-0.15, -0.1) is 0 Å². The molecule has 1 aromatic carbocycles. The van der Waals surface area contributed by atoms with Crippen molar-refractivity contribution in [1.29, 1.82) is 0 Å². The van der Waals surface area contributed by atoms with E-state index < -0.39 is 4.92 Å². The van der Waals surface area contributed by atoms with Gasteiger partial charge < -0.3 is 10.4 Å². The van der Waals surface area contributed by atoms with Crippen LogP contribution in [0, 0.1) is 23.0 Å². The molecule has 1 rings (SSSR count). The molecule has 6 nitrogen and oxygen atoms in total. The molecule has 110 valence electrons. The molecule has 0 fully saturated rings. The van der Waals surface area contributed by atoms with Crippen molar-refractivity contribution in [3.63, 3.8) is 0 Å². The Labute approximate surface area is 118 Å². The van der Waals surface area contributed by atoms with Crippen LogP contribution in [0.25, 0.3) is 0 Å². The lowest BCUT2D eigenvalue weighted by Gasteiger charge is -2.09. The Morgan fingerprint density at radius 2 is 2.20 bits per heavy atom. The van der Waals surface area contributed by atoms with Crippen molar-refractivity contribution in [2.75, 3.05) is 13.2 Å². The average Bonchev–Trinajstić information content (AvgIpc) is 2.42. The number of carbonyl (C=O) groups is 1. The van der Waals surface area contributed by atoms with Crippen LogP contribution in [0.3, 0.4) is 0 Å². The van der Waals surface area contributed by atoms with Gasteiger partial charge in [0, 0.05) is 30.3 Å². The third kappa shape index (κ3) is 4.62. The van der Waals surface area contributed by atoms with Gasteiger partial charge in [-0.2, -0.15) is 0 Å². The van der Waals surface area contributed by atoms with Gasteiger partial charge in [0.05, 0.1) is 4.92 Å². The summed E-state index contributed by atoms with van der Waals surface area (Å²) >= 11 is 0. The average molecular weight is 280 g/mol. The second-order valence-electron chi connectivity index (χ2n) is 4.94. The molecule has 1 unspecified atom stereocenters. The summed E-state index contributed by atoms with van der Waals surface area (Å²) in [5.41, 5.74) is 0.901. The van der Waals surface area contributed by atoms with Crippen LogP contribution in [0.4, 0.5) is 5.69 Å². The summed E-state index contributed by atoms with van der Waals surface area (Å²) < 4.78 is 0. The molecule has 0 radical (unpaired) electrons. The molecule has 0 aromatic heterocycles. The molecule has 1 amide bonds. The van der Waals surface area contributed by atoms with Crippen molar-refractivity contribution in [3.8, 4) is 0 Å². The third-order valence-electron chi connectivity index (χ3n) is 3.13. The highest BCUT2D eigenvalue weighted by molar-refractivity contribution is 5.94. The van der Waals surface area contributed by atoms with E-state index in [1.165, 1.54) is 18.2 Å². The molecule has 0 bridgehead atoms. The number of amides is 1. The van der Waals surface area contributed by atoms with E-state index in [2.05, 4.69) is 5.32 Å². The molecule has 0 aliphatic carbocycles. The van der Waals surface area contributed by atoms with Crippen LogP contribution in [0.2, 0.25) is 0 Å². The second kappa shape index (κ2) is 7.59.